The van der Waals surface area contributed by atoms with Gasteiger partial charge in [-0.2, -0.15) is 4.98 Å². The van der Waals surface area contributed by atoms with Crippen molar-refractivity contribution >= 4 is 17.3 Å². The Bertz CT molecular complexity index is 861. The summed E-state index contributed by atoms with van der Waals surface area (Å²) in [5.74, 6) is 0.785. The highest BCUT2D eigenvalue weighted by Crippen LogP contribution is 2.26. The third-order valence-electron chi connectivity index (χ3n) is 3.20. The Morgan fingerprint density at radius 1 is 1.30 bits per heavy atom. The van der Waals surface area contributed by atoms with Gasteiger partial charge in [0.25, 0.3) is 5.69 Å². The number of benzene rings is 1. The second-order valence-electron chi connectivity index (χ2n) is 4.92. The molecule has 2 heterocycles. The number of pyridine rings is 1. The van der Waals surface area contributed by atoms with Gasteiger partial charge in [-0.25, -0.2) is 0 Å². The predicted molar refractivity (Wildman–Crippen MR) is 83.2 cm³/mol. The van der Waals surface area contributed by atoms with E-state index in [-0.39, 0.29) is 17.1 Å². The monoisotopic (exact) mass is 330 g/mol. The SMILES string of the molecule is Cc1ccc(-c2noc(Cc3ccc(Cl)c([N+](=O)[O-])c3)n2)cn1. The van der Waals surface area contributed by atoms with Crippen LogP contribution in [0.1, 0.15) is 17.1 Å². The number of halogens is 1. The lowest BCUT2D eigenvalue weighted by molar-refractivity contribution is -0.384. The van der Waals surface area contributed by atoms with Gasteiger partial charge < -0.3 is 4.52 Å². The van der Waals surface area contributed by atoms with Crippen LogP contribution in [-0.4, -0.2) is 20.0 Å². The molecule has 0 aliphatic rings. The third-order valence-corrected chi connectivity index (χ3v) is 3.52. The van der Waals surface area contributed by atoms with Crippen LogP contribution in [0.3, 0.4) is 0 Å². The molecule has 7 nitrogen and oxygen atoms in total. The molecule has 3 aromatic rings. The highest BCUT2D eigenvalue weighted by Gasteiger charge is 2.15. The van der Waals surface area contributed by atoms with Crippen molar-refractivity contribution in [2.24, 2.45) is 0 Å². The van der Waals surface area contributed by atoms with Crippen LogP contribution in [0.15, 0.2) is 41.1 Å². The minimum atomic E-state index is -0.525. The molecule has 0 unspecified atom stereocenters. The van der Waals surface area contributed by atoms with Crippen LogP contribution in [0.2, 0.25) is 5.02 Å². The maximum atomic E-state index is 10.9. The maximum absolute atomic E-state index is 10.9. The second kappa shape index (κ2) is 6.13. The van der Waals surface area contributed by atoms with Crippen LogP contribution in [0, 0.1) is 17.0 Å². The van der Waals surface area contributed by atoms with Crippen molar-refractivity contribution < 1.29 is 9.45 Å². The Labute approximate surface area is 136 Å². The zero-order chi connectivity index (χ0) is 16.4. The van der Waals surface area contributed by atoms with Gasteiger partial charge in [0.05, 0.1) is 11.3 Å². The number of aryl methyl sites for hydroxylation is 1. The number of aromatic nitrogens is 3. The van der Waals surface area contributed by atoms with Crippen LogP contribution < -0.4 is 0 Å². The van der Waals surface area contributed by atoms with Crippen LogP contribution >= 0.6 is 11.6 Å². The fourth-order valence-corrected chi connectivity index (χ4v) is 2.21. The van der Waals surface area contributed by atoms with Gasteiger partial charge in [-0.05, 0) is 30.7 Å². The number of hydrogen-bond donors (Lipinski definition) is 0. The van der Waals surface area contributed by atoms with Crippen molar-refractivity contribution in [3.63, 3.8) is 0 Å². The number of nitro benzene ring substituents is 1. The molecule has 0 radical (unpaired) electrons. The normalized spacial score (nSPS) is 10.7. The van der Waals surface area contributed by atoms with Crippen LogP contribution in [0.25, 0.3) is 11.4 Å². The Kier molecular flexibility index (Phi) is 4.03. The largest absolute Gasteiger partial charge is 0.339 e. The molecule has 0 atom stereocenters. The molecule has 0 fully saturated rings. The fourth-order valence-electron chi connectivity index (χ4n) is 2.03. The first-order chi connectivity index (χ1) is 11.0. The quantitative estimate of drug-likeness (QED) is 0.536. The molecule has 3 rings (SSSR count). The van der Waals surface area contributed by atoms with E-state index in [0.29, 0.717) is 17.3 Å². The van der Waals surface area contributed by atoms with E-state index in [1.807, 2.05) is 19.1 Å². The van der Waals surface area contributed by atoms with Gasteiger partial charge in [-0.15, -0.1) is 0 Å². The molecule has 0 saturated carbocycles. The van der Waals surface area contributed by atoms with Crippen molar-refractivity contribution in [3.8, 4) is 11.4 Å². The van der Waals surface area contributed by atoms with Gasteiger partial charge in [-0.3, -0.25) is 15.1 Å². The van der Waals surface area contributed by atoms with Crippen molar-refractivity contribution in [2.75, 3.05) is 0 Å². The minimum absolute atomic E-state index is 0.0932. The number of hydrogen-bond acceptors (Lipinski definition) is 6. The van der Waals surface area contributed by atoms with Gasteiger partial charge in [0.2, 0.25) is 11.7 Å². The molecule has 1 aromatic carbocycles. The summed E-state index contributed by atoms with van der Waals surface area (Å²) in [5, 5.41) is 14.9. The van der Waals surface area contributed by atoms with Crippen LogP contribution in [0.5, 0.6) is 0 Å². The van der Waals surface area contributed by atoms with Gasteiger partial charge in [0.1, 0.15) is 5.02 Å². The molecule has 23 heavy (non-hydrogen) atoms. The molecule has 0 spiro atoms. The summed E-state index contributed by atoms with van der Waals surface area (Å²) in [6.07, 6.45) is 1.95. The lowest BCUT2D eigenvalue weighted by Crippen LogP contribution is -1.93. The molecule has 0 amide bonds. The van der Waals surface area contributed by atoms with E-state index < -0.39 is 4.92 Å². The Hall–Kier alpha value is -2.80. The van der Waals surface area contributed by atoms with E-state index in [2.05, 4.69) is 15.1 Å². The molecule has 0 N–H and O–H groups in total. The first kappa shape index (κ1) is 15.1. The van der Waals surface area contributed by atoms with Crippen molar-refractivity contribution in [1.29, 1.82) is 0 Å². The number of nitro groups is 1. The molecule has 0 saturated heterocycles. The van der Waals surface area contributed by atoms with E-state index >= 15 is 0 Å². The molecule has 0 bridgehead atoms. The lowest BCUT2D eigenvalue weighted by atomic mass is 10.1. The van der Waals surface area contributed by atoms with Crippen LogP contribution in [-0.2, 0) is 6.42 Å². The van der Waals surface area contributed by atoms with Gasteiger partial charge in [0.15, 0.2) is 0 Å². The highest BCUT2D eigenvalue weighted by atomic mass is 35.5. The zero-order valence-corrected chi connectivity index (χ0v) is 12.8. The summed E-state index contributed by atoms with van der Waals surface area (Å²) in [6, 6.07) is 8.28. The number of rotatable bonds is 4. The fraction of sp³-hybridized carbons (Fsp3) is 0.133. The molecule has 8 heteroatoms. The lowest BCUT2D eigenvalue weighted by Gasteiger charge is -1.99. The Morgan fingerprint density at radius 2 is 2.13 bits per heavy atom. The molecule has 0 aliphatic carbocycles. The molecule has 2 aromatic heterocycles. The zero-order valence-electron chi connectivity index (χ0n) is 12.1. The van der Waals surface area contributed by atoms with E-state index in [1.54, 1.807) is 12.3 Å². The standard InChI is InChI=1S/C15H11ClN4O3/c1-9-2-4-11(8-17-9)15-18-14(23-19-15)7-10-3-5-12(16)13(6-10)20(21)22/h2-6,8H,7H2,1H3. The molecule has 116 valence electrons. The Balaban J connectivity index is 1.83. The summed E-state index contributed by atoms with van der Waals surface area (Å²) < 4.78 is 5.19. The summed E-state index contributed by atoms with van der Waals surface area (Å²) in [4.78, 5) is 18.8. The summed E-state index contributed by atoms with van der Waals surface area (Å²) in [6.45, 7) is 1.89. The first-order valence-electron chi connectivity index (χ1n) is 6.71. The predicted octanol–water partition coefficient (Wildman–Crippen LogP) is 3.59. The van der Waals surface area contributed by atoms with Gasteiger partial charge >= 0.3 is 0 Å². The van der Waals surface area contributed by atoms with E-state index in [4.69, 9.17) is 16.1 Å². The smallest absolute Gasteiger partial charge is 0.288 e. The van der Waals surface area contributed by atoms with E-state index in [9.17, 15) is 10.1 Å². The molecular weight excluding hydrogens is 320 g/mol. The van der Waals surface area contributed by atoms with E-state index in [1.165, 1.54) is 12.1 Å². The third kappa shape index (κ3) is 3.35. The minimum Gasteiger partial charge on any atom is -0.339 e. The van der Waals surface area contributed by atoms with Crippen LogP contribution in [0.4, 0.5) is 5.69 Å². The highest BCUT2D eigenvalue weighted by molar-refractivity contribution is 6.32. The average molecular weight is 331 g/mol. The van der Waals surface area contributed by atoms with Crippen molar-refractivity contribution in [3.05, 3.63) is 68.8 Å². The average Bonchev–Trinajstić information content (AvgIpc) is 2.98. The van der Waals surface area contributed by atoms with Crippen molar-refractivity contribution in [2.45, 2.75) is 13.3 Å². The van der Waals surface area contributed by atoms with Crippen molar-refractivity contribution in [1.82, 2.24) is 15.1 Å². The van der Waals surface area contributed by atoms with Gasteiger partial charge in [0, 0.05) is 23.5 Å². The Morgan fingerprint density at radius 3 is 2.83 bits per heavy atom. The van der Waals surface area contributed by atoms with Gasteiger partial charge in [-0.1, -0.05) is 22.8 Å². The summed E-state index contributed by atoms with van der Waals surface area (Å²) in [7, 11) is 0. The van der Waals surface area contributed by atoms with E-state index in [0.717, 1.165) is 11.3 Å². The summed E-state index contributed by atoms with van der Waals surface area (Å²) >= 11 is 5.79. The number of nitrogens with zero attached hydrogens (tertiary/aromatic N) is 4. The summed E-state index contributed by atoms with van der Waals surface area (Å²) in [5.41, 5.74) is 2.16. The topological polar surface area (TPSA) is 95.0 Å². The first-order valence-corrected chi connectivity index (χ1v) is 7.09. The molecular formula is C15H11ClN4O3. The maximum Gasteiger partial charge on any atom is 0.288 e. The molecule has 0 aliphatic heterocycles. The second-order valence-corrected chi connectivity index (χ2v) is 5.33.